The van der Waals surface area contributed by atoms with Crippen LogP contribution in [0.2, 0.25) is 0 Å². The van der Waals surface area contributed by atoms with Gasteiger partial charge in [0, 0.05) is 15.0 Å². The largest absolute Gasteiger partial charge is 0.324 e. The van der Waals surface area contributed by atoms with Gasteiger partial charge in [-0.05, 0) is 42.5 Å². The standard InChI is InChI=1S/C12H17Br2N/c1-8(2)3-4-12(15)9-5-10(13)7-11(14)6-9/h5-8,12H,3-4,15H2,1-2H3/t12-/m1/s1. The van der Waals surface area contributed by atoms with Gasteiger partial charge in [0.2, 0.25) is 0 Å². The van der Waals surface area contributed by atoms with Gasteiger partial charge in [0.15, 0.2) is 0 Å². The molecule has 0 saturated heterocycles. The van der Waals surface area contributed by atoms with Gasteiger partial charge < -0.3 is 5.73 Å². The minimum Gasteiger partial charge on any atom is -0.324 e. The first-order valence-corrected chi connectivity index (χ1v) is 6.79. The van der Waals surface area contributed by atoms with Crippen LogP contribution in [0.15, 0.2) is 27.1 Å². The fraction of sp³-hybridized carbons (Fsp3) is 0.500. The van der Waals surface area contributed by atoms with Crippen LogP contribution in [0.1, 0.15) is 38.3 Å². The van der Waals surface area contributed by atoms with E-state index in [1.165, 1.54) is 12.0 Å². The lowest BCUT2D eigenvalue weighted by atomic mass is 9.98. The highest BCUT2D eigenvalue weighted by Crippen LogP contribution is 2.26. The van der Waals surface area contributed by atoms with Crippen molar-refractivity contribution in [2.45, 2.75) is 32.7 Å². The molecule has 0 aliphatic rings. The molecule has 2 N–H and O–H groups in total. The Hall–Kier alpha value is 0.140. The van der Waals surface area contributed by atoms with Crippen molar-refractivity contribution in [3.05, 3.63) is 32.7 Å². The molecule has 0 heterocycles. The SMILES string of the molecule is CC(C)CC[C@@H](N)c1cc(Br)cc(Br)c1. The summed E-state index contributed by atoms with van der Waals surface area (Å²) in [5.74, 6) is 0.714. The van der Waals surface area contributed by atoms with Crippen LogP contribution in [-0.4, -0.2) is 0 Å². The number of halogens is 2. The third-order valence-corrected chi connectivity index (χ3v) is 3.28. The molecule has 84 valence electrons. The molecule has 0 aliphatic carbocycles. The molecule has 15 heavy (non-hydrogen) atoms. The molecule has 3 heteroatoms. The third-order valence-electron chi connectivity index (χ3n) is 2.37. The first kappa shape index (κ1) is 13.2. The van der Waals surface area contributed by atoms with Gasteiger partial charge in [0.05, 0.1) is 0 Å². The smallest absolute Gasteiger partial charge is 0.0295 e. The van der Waals surface area contributed by atoms with E-state index < -0.39 is 0 Å². The van der Waals surface area contributed by atoms with Crippen LogP contribution in [0.3, 0.4) is 0 Å². The normalized spacial score (nSPS) is 13.2. The Morgan fingerprint density at radius 3 is 2.07 bits per heavy atom. The highest BCUT2D eigenvalue weighted by atomic mass is 79.9. The van der Waals surface area contributed by atoms with Crippen molar-refractivity contribution in [2.75, 3.05) is 0 Å². The van der Waals surface area contributed by atoms with Gasteiger partial charge in [0.25, 0.3) is 0 Å². The fourth-order valence-electron chi connectivity index (χ4n) is 1.47. The van der Waals surface area contributed by atoms with Crippen LogP contribution in [0.5, 0.6) is 0 Å². The average molecular weight is 335 g/mol. The van der Waals surface area contributed by atoms with E-state index in [1.54, 1.807) is 0 Å². The zero-order valence-electron chi connectivity index (χ0n) is 9.13. The third kappa shape index (κ3) is 4.66. The van der Waals surface area contributed by atoms with Crippen LogP contribution in [0.4, 0.5) is 0 Å². The molecule has 0 aliphatic heterocycles. The van der Waals surface area contributed by atoms with Crippen LogP contribution in [0, 0.1) is 5.92 Å². The highest BCUT2D eigenvalue weighted by molar-refractivity contribution is 9.11. The van der Waals surface area contributed by atoms with Crippen molar-refractivity contribution in [3.8, 4) is 0 Å². The Balaban J connectivity index is 2.68. The summed E-state index contributed by atoms with van der Waals surface area (Å²) in [7, 11) is 0. The van der Waals surface area contributed by atoms with Crippen LogP contribution in [-0.2, 0) is 0 Å². The topological polar surface area (TPSA) is 26.0 Å². The quantitative estimate of drug-likeness (QED) is 0.852. The Kier molecular flexibility index (Phi) is 5.30. The number of nitrogens with two attached hydrogens (primary N) is 1. The van der Waals surface area contributed by atoms with Crippen LogP contribution in [0.25, 0.3) is 0 Å². The lowest BCUT2D eigenvalue weighted by molar-refractivity contribution is 0.507. The van der Waals surface area contributed by atoms with Crippen molar-refractivity contribution in [2.24, 2.45) is 11.7 Å². The van der Waals surface area contributed by atoms with Gasteiger partial charge in [-0.15, -0.1) is 0 Å². The molecule has 1 atom stereocenters. The zero-order chi connectivity index (χ0) is 11.4. The zero-order valence-corrected chi connectivity index (χ0v) is 12.3. The fourth-order valence-corrected chi connectivity index (χ4v) is 2.80. The van der Waals surface area contributed by atoms with Crippen molar-refractivity contribution in [3.63, 3.8) is 0 Å². The number of rotatable bonds is 4. The maximum atomic E-state index is 6.14. The molecule has 1 aromatic carbocycles. The molecule has 1 aromatic rings. The van der Waals surface area contributed by atoms with E-state index in [0.717, 1.165) is 15.4 Å². The first-order valence-electron chi connectivity index (χ1n) is 5.20. The van der Waals surface area contributed by atoms with Crippen LogP contribution >= 0.6 is 31.9 Å². The van der Waals surface area contributed by atoms with Gasteiger partial charge in [0.1, 0.15) is 0 Å². The van der Waals surface area contributed by atoms with Crippen molar-refractivity contribution in [1.29, 1.82) is 0 Å². The summed E-state index contributed by atoms with van der Waals surface area (Å²) in [4.78, 5) is 0. The Bertz CT molecular complexity index is 303. The predicted molar refractivity (Wildman–Crippen MR) is 72.8 cm³/mol. The second-order valence-electron chi connectivity index (χ2n) is 4.28. The molecular weight excluding hydrogens is 318 g/mol. The van der Waals surface area contributed by atoms with E-state index in [1.807, 2.05) is 6.07 Å². The van der Waals surface area contributed by atoms with Crippen molar-refractivity contribution in [1.82, 2.24) is 0 Å². The predicted octanol–water partition coefficient (Wildman–Crippen LogP) is 4.65. The average Bonchev–Trinajstić information content (AvgIpc) is 2.12. The van der Waals surface area contributed by atoms with Gasteiger partial charge >= 0.3 is 0 Å². The molecule has 0 saturated carbocycles. The lowest BCUT2D eigenvalue weighted by Gasteiger charge is -2.14. The molecule has 1 nitrogen and oxygen atoms in total. The molecule has 0 radical (unpaired) electrons. The second kappa shape index (κ2) is 6.02. The van der Waals surface area contributed by atoms with Gasteiger partial charge in [-0.2, -0.15) is 0 Å². The maximum Gasteiger partial charge on any atom is 0.0295 e. The molecule has 0 amide bonds. The minimum atomic E-state index is 0.140. The first-order chi connectivity index (χ1) is 6.99. The Morgan fingerprint density at radius 1 is 1.07 bits per heavy atom. The van der Waals surface area contributed by atoms with Crippen molar-refractivity contribution < 1.29 is 0 Å². The monoisotopic (exact) mass is 333 g/mol. The van der Waals surface area contributed by atoms with Crippen molar-refractivity contribution >= 4 is 31.9 Å². The number of hydrogen-bond acceptors (Lipinski definition) is 1. The summed E-state index contributed by atoms with van der Waals surface area (Å²) in [6, 6.07) is 6.35. The molecular formula is C12H17Br2N. The molecule has 0 fully saturated rings. The lowest BCUT2D eigenvalue weighted by Crippen LogP contribution is -2.11. The summed E-state index contributed by atoms with van der Waals surface area (Å²) < 4.78 is 2.15. The highest BCUT2D eigenvalue weighted by Gasteiger charge is 2.08. The summed E-state index contributed by atoms with van der Waals surface area (Å²) in [6.45, 7) is 4.45. The number of hydrogen-bond donors (Lipinski definition) is 1. The van der Waals surface area contributed by atoms with Gasteiger partial charge in [-0.3, -0.25) is 0 Å². The van der Waals surface area contributed by atoms with E-state index in [-0.39, 0.29) is 6.04 Å². The maximum absolute atomic E-state index is 6.14. The van der Waals surface area contributed by atoms with E-state index in [9.17, 15) is 0 Å². The molecule has 1 rings (SSSR count). The summed E-state index contributed by atoms with van der Waals surface area (Å²) >= 11 is 6.95. The Morgan fingerprint density at radius 2 is 1.60 bits per heavy atom. The van der Waals surface area contributed by atoms with Crippen LogP contribution < -0.4 is 5.73 Å². The minimum absolute atomic E-state index is 0.140. The summed E-state index contributed by atoms with van der Waals surface area (Å²) in [5.41, 5.74) is 7.33. The van der Waals surface area contributed by atoms with E-state index in [4.69, 9.17) is 5.73 Å². The molecule has 0 spiro atoms. The molecule has 0 aromatic heterocycles. The van der Waals surface area contributed by atoms with Gasteiger partial charge in [-0.25, -0.2) is 0 Å². The number of benzene rings is 1. The molecule has 0 bridgehead atoms. The summed E-state index contributed by atoms with van der Waals surface area (Å²) in [6.07, 6.45) is 2.21. The summed E-state index contributed by atoms with van der Waals surface area (Å²) in [5, 5.41) is 0. The van der Waals surface area contributed by atoms with E-state index >= 15 is 0 Å². The Labute approximate surface area is 109 Å². The van der Waals surface area contributed by atoms with Gasteiger partial charge in [-0.1, -0.05) is 45.7 Å². The van der Waals surface area contributed by atoms with E-state index in [2.05, 4.69) is 57.8 Å². The molecule has 0 unspecified atom stereocenters. The van der Waals surface area contributed by atoms with E-state index in [0.29, 0.717) is 5.92 Å². The second-order valence-corrected chi connectivity index (χ2v) is 6.11.